The lowest BCUT2D eigenvalue weighted by Crippen LogP contribution is -2.11. The number of hydrogen-bond acceptors (Lipinski definition) is 2. The van der Waals surface area contributed by atoms with Gasteiger partial charge in [-0.2, -0.15) is 0 Å². The van der Waals surface area contributed by atoms with Crippen molar-refractivity contribution in [3.8, 4) is 66.8 Å². The van der Waals surface area contributed by atoms with Crippen molar-refractivity contribution in [3.05, 3.63) is 449 Å². The third kappa shape index (κ3) is 11.9. The Labute approximate surface area is 662 Å². The number of fused-ring (bicyclic) bond motifs is 14. The summed E-state index contributed by atoms with van der Waals surface area (Å²) >= 11 is 0. The first-order valence-corrected chi connectivity index (χ1v) is 39.4. The molecule has 0 saturated heterocycles. The first kappa shape index (κ1) is 67.2. The van der Waals surface area contributed by atoms with Crippen molar-refractivity contribution >= 4 is 142 Å². The number of nitrogens with zero attached hydrogens (tertiary/aromatic N) is 2. The van der Waals surface area contributed by atoms with Gasteiger partial charge in [0, 0.05) is 33.5 Å². The van der Waals surface area contributed by atoms with Crippen LogP contribution in [0.5, 0.6) is 0 Å². The van der Waals surface area contributed by atoms with Gasteiger partial charge in [0.15, 0.2) is 0 Å². The molecule has 0 aromatic heterocycles. The summed E-state index contributed by atoms with van der Waals surface area (Å²) in [4.78, 5) is 4.91. The van der Waals surface area contributed by atoms with E-state index >= 15 is 0 Å². The van der Waals surface area contributed by atoms with Crippen molar-refractivity contribution in [1.29, 1.82) is 0 Å². The second-order valence-corrected chi connectivity index (χ2v) is 29.7. The highest BCUT2D eigenvalue weighted by Gasteiger charge is 2.25. The van der Waals surface area contributed by atoms with Crippen molar-refractivity contribution in [2.45, 2.75) is 0 Å². The fourth-order valence-corrected chi connectivity index (χ4v) is 18.0. The zero-order valence-electron chi connectivity index (χ0n) is 62.6. The first-order chi connectivity index (χ1) is 56.6. The Kier molecular flexibility index (Phi) is 17.0. The molecule has 0 aliphatic heterocycles. The molecule has 0 fully saturated rings. The maximum atomic E-state index is 2.45. The molecule has 22 aromatic rings. The van der Waals surface area contributed by atoms with E-state index in [1.165, 1.54) is 174 Å². The Morgan fingerprint density at radius 1 is 0.123 bits per heavy atom. The van der Waals surface area contributed by atoms with Crippen LogP contribution in [0, 0.1) is 0 Å². The quantitative estimate of drug-likeness (QED) is 0.113. The Bertz CT molecular complexity index is 7460. The molecule has 0 heterocycles. The van der Waals surface area contributed by atoms with Crippen LogP contribution in [-0.4, -0.2) is 0 Å². The lowest BCUT2D eigenvalue weighted by molar-refractivity contribution is 1.30. The van der Waals surface area contributed by atoms with Crippen molar-refractivity contribution in [3.63, 3.8) is 0 Å². The molecule has 0 amide bonds. The lowest BCUT2D eigenvalue weighted by Gasteiger charge is -2.28. The summed E-state index contributed by atoms with van der Waals surface area (Å²) < 4.78 is 0. The number of benzene rings is 22. The molecule has 114 heavy (non-hydrogen) atoms. The van der Waals surface area contributed by atoms with Gasteiger partial charge in [-0.1, -0.05) is 382 Å². The molecule has 0 N–H and O–H groups in total. The third-order valence-corrected chi connectivity index (χ3v) is 23.2. The van der Waals surface area contributed by atoms with Crippen LogP contribution in [-0.2, 0) is 0 Å². The molecule has 0 atom stereocenters. The van der Waals surface area contributed by atoms with E-state index in [0.29, 0.717) is 0 Å². The number of anilines is 6. The zero-order chi connectivity index (χ0) is 75.4. The van der Waals surface area contributed by atoms with Crippen molar-refractivity contribution < 1.29 is 0 Å². The van der Waals surface area contributed by atoms with Crippen LogP contribution in [0.15, 0.2) is 449 Å². The van der Waals surface area contributed by atoms with Crippen LogP contribution in [0.2, 0.25) is 0 Å². The Balaban J connectivity index is 0.000000143. The van der Waals surface area contributed by atoms with Crippen LogP contribution in [0.1, 0.15) is 0 Å². The van der Waals surface area contributed by atoms with Gasteiger partial charge in [0.1, 0.15) is 0 Å². The highest BCUT2D eigenvalue weighted by Crippen LogP contribution is 2.51. The lowest BCUT2D eigenvalue weighted by atomic mass is 9.85. The second kappa shape index (κ2) is 28.8. The molecule has 2 nitrogen and oxygen atoms in total. The predicted molar refractivity (Wildman–Crippen MR) is 490 cm³/mol. The highest BCUT2D eigenvalue weighted by molar-refractivity contribution is 6.24. The van der Waals surface area contributed by atoms with E-state index in [-0.39, 0.29) is 0 Å². The zero-order valence-corrected chi connectivity index (χ0v) is 62.6. The Hall–Kier alpha value is -15.0. The fourth-order valence-electron chi connectivity index (χ4n) is 18.0. The number of hydrogen-bond donors (Lipinski definition) is 0. The van der Waals surface area contributed by atoms with E-state index in [1.54, 1.807) is 0 Å². The minimum Gasteiger partial charge on any atom is -0.310 e. The maximum Gasteiger partial charge on any atom is 0.0546 e. The first-order valence-electron chi connectivity index (χ1n) is 39.4. The van der Waals surface area contributed by atoms with E-state index in [9.17, 15) is 0 Å². The largest absolute Gasteiger partial charge is 0.310 e. The van der Waals surface area contributed by atoms with Crippen molar-refractivity contribution in [1.82, 2.24) is 0 Å². The summed E-state index contributed by atoms with van der Waals surface area (Å²) in [6.45, 7) is 0. The van der Waals surface area contributed by atoms with E-state index in [1.807, 2.05) is 0 Å². The molecule has 0 unspecified atom stereocenters. The van der Waals surface area contributed by atoms with E-state index < -0.39 is 0 Å². The van der Waals surface area contributed by atoms with Crippen LogP contribution in [0.4, 0.5) is 34.1 Å². The van der Waals surface area contributed by atoms with E-state index in [2.05, 4.69) is 459 Å². The normalized spacial score (nSPS) is 11.5. The van der Waals surface area contributed by atoms with E-state index in [0.717, 1.165) is 34.1 Å². The summed E-state index contributed by atoms with van der Waals surface area (Å²) in [7, 11) is 0. The van der Waals surface area contributed by atoms with E-state index in [4.69, 9.17) is 0 Å². The van der Waals surface area contributed by atoms with Gasteiger partial charge in [0.2, 0.25) is 0 Å². The van der Waals surface area contributed by atoms with Gasteiger partial charge in [-0.15, -0.1) is 0 Å². The molecule has 22 aromatic carbocycles. The summed E-state index contributed by atoms with van der Waals surface area (Å²) in [5.41, 5.74) is 21.3. The molecular weight excluding hydrogens is 1370 g/mol. The molecule has 532 valence electrons. The maximum absolute atomic E-state index is 2.45. The Morgan fingerprint density at radius 3 is 0.860 bits per heavy atom. The van der Waals surface area contributed by atoms with Crippen LogP contribution in [0.3, 0.4) is 0 Å². The van der Waals surface area contributed by atoms with Crippen LogP contribution in [0.25, 0.3) is 174 Å². The standard InChI is InChI=1S/2C56H37N/c1-2-17-40(18-3-1)55-52-29-12-9-26-49(52)50-27-10-13-30-53(50)56(55)42-21-14-22-44(36-42)57(54-37-41-19-5-7-24-47(41)48-25-8-11-28-51(48)54)43-34-32-39(33-35-43)46-31-15-20-38-16-4-6-23-45(38)46;1-2-16-40(17-3-1)55-52-27-12-9-24-49(52)50-25-10-13-28-53(50)56(55)44-20-14-21-46(36-44)57(54-37-43-19-6-7-22-47(43)48-23-8-11-26-51(48)54)45-33-31-39(32-34-45)42-30-29-38-15-4-5-18-41(38)35-42/h2*1-37H. The van der Waals surface area contributed by atoms with Crippen molar-refractivity contribution in [2.24, 2.45) is 0 Å². The van der Waals surface area contributed by atoms with Crippen LogP contribution >= 0.6 is 0 Å². The molecule has 0 aliphatic rings. The predicted octanol–water partition coefficient (Wildman–Crippen LogP) is 31.8. The third-order valence-electron chi connectivity index (χ3n) is 23.2. The Morgan fingerprint density at radius 2 is 0.421 bits per heavy atom. The second-order valence-electron chi connectivity index (χ2n) is 29.7. The highest BCUT2D eigenvalue weighted by atomic mass is 15.1. The van der Waals surface area contributed by atoms with Gasteiger partial charge in [0.25, 0.3) is 0 Å². The van der Waals surface area contributed by atoms with Gasteiger partial charge < -0.3 is 9.80 Å². The topological polar surface area (TPSA) is 6.48 Å². The van der Waals surface area contributed by atoms with Gasteiger partial charge in [-0.05, 0) is 230 Å². The summed E-state index contributed by atoms with van der Waals surface area (Å²) in [6.07, 6.45) is 0. The van der Waals surface area contributed by atoms with Crippen LogP contribution < -0.4 is 9.80 Å². The number of rotatable bonds is 12. The molecular formula is C112H74N2. The molecule has 0 aliphatic carbocycles. The average Bonchev–Trinajstić information content (AvgIpc) is 0.739. The van der Waals surface area contributed by atoms with Gasteiger partial charge >= 0.3 is 0 Å². The molecule has 0 spiro atoms. The molecule has 22 rings (SSSR count). The summed E-state index contributed by atoms with van der Waals surface area (Å²) in [5.74, 6) is 0. The van der Waals surface area contributed by atoms with Gasteiger partial charge in [-0.3, -0.25) is 0 Å². The fraction of sp³-hybridized carbons (Fsp3) is 0. The minimum atomic E-state index is 1.10. The molecule has 2 heteroatoms. The minimum absolute atomic E-state index is 1.10. The summed E-state index contributed by atoms with van der Waals surface area (Å²) in [6, 6.07) is 164. The summed E-state index contributed by atoms with van der Waals surface area (Å²) in [5, 5.41) is 24.9. The SMILES string of the molecule is c1ccc(-c2c(-c3cccc(N(c4ccc(-c5ccc6ccccc6c5)cc4)c4cc5ccccc5c5ccccc45)c3)c3ccccc3c3ccccc23)cc1.c1ccc(-c2c(-c3cccc(N(c4ccc(-c5cccc6ccccc56)cc4)c4cc5ccccc5c5ccccc45)c3)c3ccccc3c3ccccc23)cc1. The molecule has 0 bridgehead atoms. The van der Waals surface area contributed by atoms with Gasteiger partial charge in [-0.25, -0.2) is 0 Å². The molecule has 0 radical (unpaired) electrons. The average molecular weight is 1450 g/mol. The smallest absolute Gasteiger partial charge is 0.0546 e. The van der Waals surface area contributed by atoms with Gasteiger partial charge in [0.05, 0.1) is 11.4 Å². The van der Waals surface area contributed by atoms with Crippen molar-refractivity contribution in [2.75, 3.05) is 9.80 Å². The monoisotopic (exact) mass is 1450 g/mol. The molecule has 0 saturated carbocycles.